The van der Waals surface area contributed by atoms with Crippen molar-refractivity contribution < 1.29 is 9.53 Å². The largest absolute Gasteiger partial charge is 0.479 e. The van der Waals surface area contributed by atoms with Crippen molar-refractivity contribution in [2.45, 2.75) is 20.0 Å². The predicted molar refractivity (Wildman–Crippen MR) is 69.0 cm³/mol. The number of aryl methyl sites for hydroxylation is 1. The first-order chi connectivity index (χ1) is 7.45. The first-order valence-corrected chi connectivity index (χ1v) is 6.17. The van der Waals surface area contributed by atoms with Crippen LogP contribution in [0.1, 0.15) is 12.5 Å². The van der Waals surface area contributed by atoms with Crippen molar-refractivity contribution in [2.75, 3.05) is 0 Å². The lowest BCUT2D eigenvalue weighted by molar-refractivity contribution is -0.127. The normalized spacial score (nSPS) is 12.1. The Kier molecular flexibility index (Phi) is 4.76. The number of nitrogens with one attached hydrogen (secondary N) is 1. The van der Waals surface area contributed by atoms with Crippen LogP contribution in [0.5, 0.6) is 5.75 Å². The summed E-state index contributed by atoms with van der Waals surface area (Å²) in [5, 5.41) is 0. The number of rotatable bonds is 3. The van der Waals surface area contributed by atoms with Crippen LogP contribution in [0.15, 0.2) is 21.1 Å². The van der Waals surface area contributed by atoms with Gasteiger partial charge in [0.1, 0.15) is 5.75 Å². The molecule has 4 nitrogen and oxygen atoms in total. The smallest absolute Gasteiger partial charge is 0.274 e. The molecule has 0 saturated carbocycles. The molecule has 0 aliphatic carbocycles. The van der Waals surface area contributed by atoms with Crippen molar-refractivity contribution in [3.63, 3.8) is 0 Å². The number of amides is 1. The summed E-state index contributed by atoms with van der Waals surface area (Å²) in [7, 11) is 0. The molecule has 6 heteroatoms. The lowest BCUT2D eigenvalue weighted by atomic mass is 10.2. The van der Waals surface area contributed by atoms with Gasteiger partial charge in [0.2, 0.25) is 0 Å². The Morgan fingerprint density at radius 1 is 1.50 bits per heavy atom. The fourth-order valence-electron chi connectivity index (χ4n) is 1.19. The summed E-state index contributed by atoms with van der Waals surface area (Å²) >= 11 is 6.75. The third kappa shape index (κ3) is 3.20. The van der Waals surface area contributed by atoms with E-state index < -0.39 is 6.10 Å². The summed E-state index contributed by atoms with van der Waals surface area (Å²) in [6.45, 7) is 3.54. The molecule has 0 aromatic heterocycles. The monoisotopic (exact) mass is 350 g/mol. The van der Waals surface area contributed by atoms with Gasteiger partial charge < -0.3 is 4.74 Å². The van der Waals surface area contributed by atoms with Gasteiger partial charge in [0, 0.05) is 4.47 Å². The van der Waals surface area contributed by atoms with E-state index in [0.29, 0.717) is 5.75 Å². The molecule has 0 fully saturated rings. The zero-order valence-electron chi connectivity index (χ0n) is 8.88. The van der Waals surface area contributed by atoms with Crippen molar-refractivity contribution >= 4 is 37.8 Å². The Hall–Kier alpha value is -0.590. The van der Waals surface area contributed by atoms with Crippen LogP contribution < -0.4 is 16.0 Å². The van der Waals surface area contributed by atoms with Crippen molar-refractivity contribution in [3.05, 3.63) is 26.6 Å². The zero-order chi connectivity index (χ0) is 12.3. The SMILES string of the molecule is Cc1cc(Br)cc(Br)c1OC(C)C(=O)NN. The van der Waals surface area contributed by atoms with Crippen LogP contribution in [0.4, 0.5) is 0 Å². The molecule has 16 heavy (non-hydrogen) atoms. The Bertz CT molecular complexity index is 387. The Labute approximate surface area is 111 Å². The molecular weight excluding hydrogens is 340 g/mol. The second-order valence-electron chi connectivity index (χ2n) is 3.30. The molecule has 0 aliphatic rings. The van der Waals surface area contributed by atoms with Gasteiger partial charge in [-0.2, -0.15) is 0 Å². The summed E-state index contributed by atoms with van der Waals surface area (Å²) < 4.78 is 7.26. The molecule has 1 rings (SSSR count). The maximum Gasteiger partial charge on any atom is 0.274 e. The number of hydrogen-bond donors (Lipinski definition) is 2. The lowest BCUT2D eigenvalue weighted by Gasteiger charge is -2.16. The summed E-state index contributed by atoms with van der Waals surface area (Å²) in [5.74, 6) is 5.30. The van der Waals surface area contributed by atoms with Crippen LogP contribution in [0.3, 0.4) is 0 Å². The molecule has 0 saturated heterocycles. The number of nitrogens with two attached hydrogens (primary N) is 1. The number of carbonyl (C=O) groups excluding carboxylic acids is 1. The lowest BCUT2D eigenvalue weighted by Crippen LogP contribution is -2.40. The van der Waals surface area contributed by atoms with E-state index in [9.17, 15) is 4.79 Å². The average molecular weight is 352 g/mol. The highest BCUT2D eigenvalue weighted by Crippen LogP contribution is 2.32. The van der Waals surface area contributed by atoms with Crippen molar-refractivity contribution in [1.82, 2.24) is 5.43 Å². The van der Waals surface area contributed by atoms with E-state index >= 15 is 0 Å². The van der Waals surface area contributed by atoms with Crippen LogP contribution in [0, 0.1) is 6.92 Å². The second-order valence-corrected chi connectivity index (χ2v) is 5.07. The van der Waals surface area contributed by atoms with Crippen molar-refractivity contribution in [3.8, 4) is 5.75 Å². The highest BCUT2D eigenvalue weighted by Gasteiger charge is 2.16. The van der Waals surface area contributed by atoms with Crippen molar-refractivity contribution in [1.29, 1.82) is 0 Å². The second kappa shape index (κ2) is 5.65. The fourth-order valence-corrected chi connectivity index (χ4v) is 2.72. The third-order valence-electron chi connectivity index (χ3n) is 2.00. The van der Waals surface area contributed by atoms with E-state index in [4.69, 9.17) is 10.6 Å². The zero-order valence-corrected chi connectivity index (χ0v) is 12.1. The minimum atomic E-state index is -0.638. The van der Waals surface area contributed by atoms with Gasteiger partial charge in [0.15, 0.2) is 6.10 Å². The van der Waals surface area contributed by atoms with Gasteiger partial charge in [-0.25, -0.2) is 5.84 Å². The van der Waals surface area contributed by atoms with Gasteiger partial charge in [0.05, 0.1) is 4.47 Å². The number of carbonyl (C=O) groups is 1. The van der Waals surface area contributed by atoms with Crippen LogP contribution >= 0.6 is 31.9 Å². The molecule has 0 spiro atoms. The molecule has 1 unspecified atom stereocenters. The summed E-state index contributed by atoms with van der Waals surface area (Å²) in [4.78, 5) is 11.2. The predicted octanol–water partition coefficient (Wildman–Crippen LogP) is 2.28. The van der Waals surface area contributed by atoms with Gasteiger partial charge in [0.25, 0.3) is 5.91 Å². The van der Waals surface area contributed by atoms with Crippen molar-refractivity contribution in [2.24, 2.45) is 5.84 Å². The molecule has 1 amide bonds. The molecule has 0 aliphatic heterocycles. The molecule has 1 atom stereocenters. The number of ether oxygens (including phenoxy) is 1. The van der Waals surface area contributed by atoms with E-state index in [2.05, 4.69) is 31.9 Å². The fraction of sp³-hybridized carbons (Fsp3) is 0.300. The van der Waals surface area contributed by atoms with Crippen LogP contribution in [-0.2, 0) is 4.79 Å². The number of halogens is 2. The maximum atomic E-state index is 11.2. The average Bonchev–Trinajstić information content (AvgIpc) is 2.21. The standard InChI is InChI=1S/C10H12Br2N2O2/c1-5-3-7(11)4-8(12)9(5)16-6(2)10(15)14-13/h3-4,6H,13H2,1-2H3,(H,14,15). The topological polar surface area (TPSA) is 64.3 Å². The van der Waals surface area contributed by atoms with E-state index in [1.54, 1.807) is 6.92 Å². The van der Waals surface area contributed by atoms with E-state index in [0.717, 1.165) is 14.5 Å². The first-order valence-electron chi connectivity index (χ1n) is 4.58. The molecule has 0 heterocycles. The highest BCUT2D eigenvalue weighted by atomic mass is 79.9. The minimum Gasteiger partial charge on any atom is -0.479 e. The molecule has 1 aromatic rings. The van der Waals surface area contributed by atoms with Crippen LogP contribution in [-0.4, -0.2) is 12.0 Å². The van der Waals surface area contributed by atoms with E-state index in [-0.39, 0.29) is 5.91 Å². The quantitative estimate of drug-likeness (QED) is 0.499. The highest BCUT2D eigenvalue weighted by molar-refractivity contribution is 9.11. The Balaban J connectivity index is 2.93. The van der Waals surface area contributed by atoms with Crippen LogP contribution in [0.25, 0.3) is 0 Å². The third-order valence-corrected chi connectivity index (χ3v) is 3.05. The van der Waals surface area contributed by atoms with Gasteiger partial charge in [-0.05, 0) is 47.5 Å². The van der Waals surface area contributed by atoms with Gasteiger partial charge >= 0.3 is 0 Å². The van der Waals surface area contributed by atoms with Gasteiger partial charge in [-0.1, -0.05) is 15.9 Å². The molecule has 1 aromatic carbocycles. The number of hydrogen-bond acceptors (Lipinski definition) is 3. The van der Waals surface area contributed by atoms with Crippen LogP contribution in [0.2, 0.25) is 0 Å². The minimum absolute atomic E-state index is 0.366. The molecule has 0 radical (unpaired) electrons. The maximum absolute atomic E-state index is 11.2. The summed E-state index contributed by atoms with van der Waals surface area (Å²) in [6, 6.07) is 3.77. The Morgan fingerprint density at radius 3 is 2.62 bits per heavy atom. The van der Waals surface area contributed by atoms with E-state index in [1.165, 1.54) is 0 Å². The Morgan fingerprint density at radius 2 is 2.12 bits per heavy atom. The number of hydrazine groups is 1. The molecule has 88 valence electrons. The molecule has 0 bridgehead atoms. The van der Waals surface area contributed by atoms with Gasteiger partial charge in [-0.3, -0.25) is 10.2 Å². The molecule has 3 N–H and O–H groups in total. The van der Waals surface area contributed by atoms with Gasteiger partial charge in [-0.15, -0.1) is 0 Å². The summed E-state index contributed by atoms with van der Waals surface area (Å²) in [5.41, 5.74) is 2.98. The molecular formula is C10H12Br2N2O2. The first kappa shape index (κ1) is 13.5. The summed E-state index contributed by atoms with van der Waals surface area (Å²) in [6.07, 6.45) is -0.638. The van der Waals surface area contributed by atoms with E-state index in [1.807, 2.05) is 24.5 Å². The number of benzene rings is 1.